The van der Waals surface area contributed by atoms with Crippen LogP contribution < -0.4 is 15.4 Å². The Morgan fingerprint density at radius 1 is 1.11 bits per heavy atom. The maximum absolute atomic E-state index is 13.7. The second kappa shape index (κ2) is 10.2. The van der Waals surface area contributed by atoms with Crippen LogP contribution in [0.15, 0.2) is 52.3 Å². The van der Waals surface area contributed by atoms with Gasteiger partial charge in [0, 0.05) is 49.6 Å². The number of hydrogen-bond acceptors (Lipinski definition) is 7. The minimum Gasteiger partial charge on any atom is -0.368 e. The van der Waals surface area contributed by atoms with Crippen LogP contribution in [0.25, 0.3) is 11.7 Å². The van der Waals surface area contributed by atoms with E-state index in [1.54, 1.807) is 21.6 Å². The van der Waals surface area contributed by atoms with Crippen molar-refractivity contribution in [1.29, 1.82) is 0 Å². The van der Waals surface area contributed by atoms with Crippen LogP contribution in [0, 0.1) is 6.92 Å². The van der Waals surface area contributed by atoms with Crippen LogP contribution in [-0.4, -0.2) is 57.2 Å². The molecule has 0 unspecified atom stereocenters. The van der Waals surface area contributed by atoms with Gasteiger partial charge in [0.2, 0.25) is 0 Å². The van der Waals surface area contributed by atoms with Crippen molar-refractivity contribution in [2.75, 3.05) is 42.5 Å². The van der Waals surface area contributed by atoms with Crippen molar-refractivity contribution in [3.63, 3.8) is 0 Å². The van der Waals surface area contributed by atoms with E-state index < -0.39 is 0 Å². The van der Waals surface area contributed by atoms with Gasteiger partial charge in [-0.05, 0) is 49.2 Å². The quantitative estimate of drug-likeness (QED) is 0.347. The monoisotopic (exact) mass is 539 g/mol. The maximum atomic E-state index is 13.7. The number of anilines is 2. The zero-order valence-electron chi connectivity index (χ0n) is 20.1. The number of aromatic nitrogens is 2. The molecule has 0 radical (unpaired) electrons. The highest BCUT2D eigenvalue weighted by molar-refractivity contribution is 8.26. The van der Waals surface area contributed by atoms with Crippen molar-refractivity contribution < 1.29 is 4.79 Å². The molecular formula is C26H26ClN5O2S2. The minimum absolute atomic E-state index is 0.155. The predicted octanol–water partition coefficient (Wildman–Crippen LogP) is 4.59. The molecule has 7 nitrogen and oxygen atoms in total. The van der Waals surface area contributed by atoms with E-state index in [1.165, 1.54) is 11.8 Å². The lowest BCUT2D eigenvalue weighted by Gasteiger charge is -2.37. The van der Waals surface area contributed by atoms with Gasteiger partial charge in [0.15, 0.2) is 0 Å². The second-order valence-electron chi connectivity index (χ2n) is 8.83. The molecule has 2 aromatic heterocycles. The Labute approximate surface area is 224 Å². The fraction of sp³-hybridized carbons (Fsp3) is 0.308. The fourth-order valence-electron chi connectivity index (χ4n) is 4.56. The molecule has 0 bridgehead atoms. The summed E-state index contributed by atoms with van der Waals surface area (Å²) in [5.41, 5.74) is 2.81. The van der Waals surface area contributed by atoms with E-state index in [0.717, 1.165) is 30.8 Å². The Hall–Kier alpha value is -2.88. The number of carbonyl (C=O) groups is 1. The SMILES string of the molecule is CCCN1C(=O)C(=Cc2c(N3CCN(c4cccc(Cl)c4)CC3)nc3c(C)cccn3c2=O)SC1=S. The highest BCUT2D eigenvalue weighted by atomic mass is 35.5. The van der Waals surface area contributed by atoms with Crippen LogP contribution in [0.4, 0.5) is 11.5 Å². The molecule has 5 rings (SSSR count). The van der Waals surface area contributed by atoms with Crippen molar-refractivity contribution >= 4 is 69.0 Å². The Balaban J connectivity index is 1.54. The average molecular weight is 540 g/mol. The first-order valence-electron chi connectivity index (χ1n) is 11.9. The lowest BCUT2D eigenvalue weighted by atomic mass is 10.2. The first-order valence-corrected chi connectivity index (χ1v) is 13.5. The number of rotatable bonds is 5. The van der Waals surface area contributed by atoms with Gasteiger partial charge in [-0.15, -0.1) is 0 Å². The van der Waals surface area contributed by atoms with Crippen LogP contribution in [0.2, 0.25) is 5.02 Å². The topological polar surface area (TPSA) is 61.2 Å². The molecule has 2 saturated heterocycles. The summed E-state index contributed by atoms with van der Waals surface area (Å²) in [6.45, 7) is 7.38. The summed E-state index contributed by atoms with van der Waals surface area (Å²) in [5.74, 6) is 0.443. The van der Waals surface area contributed by atoms with Crippen molar-refractivity contribution in [3.05, 3.63) is 74.0 Å². The number of hydrogen-bond donors (Lipinski definition) is 0. The Morgan fingerprint density at radius 2 is 1.86 bits per heavy atom. The van der Waals surface area contributed by atoms with Crippen molar-refractivity contribution in [3.8, 4) is 0 Å². The molecule has 0 N–H and O–H groups in total. The minimum atomic E-state index is -0.197. The van der Waals surface area contributed by atoms with Crippen LogP contribution in [0.3, 0.4) is 0 Å². The zero-order valence-corrected chi connectivity index (χ0v) is 22.5. The second-order valence-corrected chi connectivity index (χ2v) is 10.9. The molecule has 0 aliphatic carbocycles. The van der Waals surface area contributed by atoms with Gasteiger partial charge in [0.1, 0.15) is 15.8 Å². The van der Waals surface area contributed by atoms with Crippen LogP contribution in [0.1, 0.15) is 24.5 Å². The van der Waals surface area contributed by atoms with E-state index in [4.69, 9.17) is 28.8 Å². The molecule has 1 aromatic carbocycles. The molecule has 2 aliphatic heterocycles. The third-order valence-corrected chi connectivity index (χ3v) is 8.03. The van der Waals surface area contributed by atoms with E-state index in [9.17, 15) is 9.59 Å². The normalized spacial score (nSPS) is 17.6. The molecule has 10 heteroatoms. The fourth-order valence-corrected chi connectivity index (χ4v) is 6.04. The number of thiocarbonyl (C=S) groups is 1. The number of aryl methyl sites for hydroxylation is 1. The highest BCUT2D eigenvalue weighted by Crippen LogP contribution is 2.34. The summed E-state index contributed by atoms with van der Waals surface area (Å²) in [6, 6.07) is 11.6. The number of piperazine rings is 1. The molecule has 1 amide bonds. The number of benzene rings is 1. The van der Waals surface area contributed by atoms with Gasteiger partial charge in [-0.25, -0.2) is 4.98 Å². The smallest absolute Gasteiger partial charge is 0.267 e. The molecule has 2 fully saturated rings. The number of pyridine rings is 1. The molecule has 0 spiro atoms. The van der Waals surface area contributed by atoms with Gasteiger partial charge in [-0.3, -0.25) is 18.9 Å². The standard InChI is InChI=1S/C26H26ClN5O2S2/c1-3-9-32-25(34)21(36-26(32)35)16-20-23(28-22-17(2)6-5-10-31(22)24(20)33)30-13-11-29(12-14-30)19-8-4-7-18(27)15-19/h4-8,10,15-16H,3,9,11-14H2,1-2H3. The van der Waals surface area contributed by atoms with Gasteiger partial charge in [0.05, 0.1) is 10.5 Å². The summed E-state index contributed by atoms with van der Waals surface area (Å²) in [7, 11) is 0. The molecule has 0 saturated carbocycles. The largest absolute Gasteiger partial charge is 0.368 e. The third kappa shape index (κ3) is 4.63. The summed E-state index contributed by atoms with van der Waals surface area (Å²) < 4.78 is 2.08. The van der Waals surface area contributed by atoms with Crippen LogP contribution in [0.5, 0.6) is 0 Å². The summed E-state index contributed by atoms with van der Waals surface area (Å²) >= 11 is 12.9. The molecule has 2 aliphatic rings. The van der Waals surface area contributed by atoms with Crippen molar-refractivity contribution in [2.45, 2.75) is 20.3 Å². The Bertz CT molecular complexity index is 1450. The van der Waals surface area contributed by atoms with E-state index in [1.807, 2.05) is 44.2 Å². The molecule has 4 heterocycles. The van der Waals surface area contributed by atoms with E-state index in [2.05, 4.69) is 15.9 Å². The Morgan fingerprint density at radius 3 is 2.58 bits per heavy atom. The number of nitrogens with zero attached hydrogens (tertiary/aromatic N) is 5. The molecule has 36 heavy (non-hydrogen) atoms. The molecular weight excluding hydrogens is 514 g/mol. The van der Waals surface area contributed by atoms with Gasteiger partial charge in [-0.1, -0.05) is 54.6 Å². The Kier molecular flexibility index (Phi) is 7.05. The maximum Gasteiger partial charge on any atom is 0.267 e. The first kappa shape index (κ1) is 24.8. The molecule has 3 aromatic rings. The van der Waals surface area contributed by atoms with Crippen molar-refractivity contribution in [2.24, 2.45) is 0 Å². The zero-order chi connectivity index (χ0) is 25.4. The first-order chi connectivity index (χ1) is 17.4. The van der Waals surface area contributed by atoms with Crippen molar-refractivity contribution in [1.82, 2.24) is 14.3 Å². The highest BCUT2D eigenvalue weighted by Gasteiger charge is 2.32. The molecule has 0 atom stereocenters. The third-order valence-electron chi connectivity index (χ3n) is 6.41. The van der Waals surface area contributed by atoms with Crippen LogP contribution in [-0.2, 0) is 4.79 Å². The lowest BCUT2D eigenvalue weighted by Crippen LogP contribution is -2.47. The number of thioether (sulfide) groups is 1. The number of fused-ring (bicyclic) bond motifs is 1. The average Bonchev–Trinajstić information content (AvgIpc) is 3.14. The lowest BCUT2D eigenvalue weighted by molar-refractivity contribution is -0.122. The van der Waals surface area contributed by atoms with Gasteiger partial charge >= 0.3 is 0 Å². The number of halogens is 1. The van der Waals surface area contributed by atoms with E-state index in [-0.39, 0.29) is 11.5 Å². The number of amides is 1. The summed E-state index contributed by atoms with van der Waals surface area (Å²) in [5, 5.41) is 0.706. The molecule has 186 valence electrons. The van der Waals surface area contributed by atoms with E-state index in [0.29, 0.717) is 50.9 Å². The van der Waals surface area contributed by atoms with Crippen LogP contribution >= 0.6 is 35.6 Å². The predicted molar refractivity (Wildman–Crippen MR) is 152 cm³/mol. The summed E-state index contributed by atoms with van der Waals surface area (Å²) in [6.07, 6.45) is 4.21. The van der Waals surface area contributed by atoms with Gasteiger partial charge in [-0.2, -0.15) is 0 Å². The van der Waals surface area contributed by atoms with E-state index >= 15 is 0 Å². The van der Waals surface area contributed by atoms with Gasteiger partial charge in [0.25, 0.3) is 11.5 Å². The van der Waals surface area contributed by atoms with Gasteiger partial charge < -0.3 is 9.80 Å². The number of carbonyl (C=O) groups excluding carboxylic acids is 1. The summed E-state index contributed by atoms with van der Waals surface area (Å²) in [4.78, 5) is 38.2.